The maximum absolute atomic E-state index is 12.4. The minimum atomic E-state index is -0.706. The van der Waals surface area contributed by atoms with Crippen molar-refractivity contribution in [3.8, 4) is 0 Å². The molecule has 7 nitrogen and oxygen atoms in total. The molecular weight excluding hydrogens is 324 g/mol. The Morgan fingerprint density at radius 2 is 1.96 bits per heavy atom. The van der Waals surface area contributed by atoms with E-state index in [0.717, 1.165) is 10.5 Å². The SMILES string of the molecule is O=C(/C=C/c1cccc([N+](=O)[O-])c1)N1C(=O)OCC1c1ccccc1. The van der Waals surface area contributed by atoms with E-state index < -0.39 is 23.0 Å². The molecular formula is C18H14N2O5. The van der Waals surface area contributed by atoms with Gasteiger partial charge in [-0.25, -0.2) is 9.69 Å². The minimum absolute atomic E-state index is 0.0719. The lowest BCUT2D eigenvalue weighted by molar-refractivity contribution is -0.384. The van der Waals surface area contributed by atoms with Gasteiger partial charge in [0.25, 0.3) is 11.6 Å². The van der Waals surface area contributed by atoms with Crippen molar-refractivity contribution in [2.75, 3.05) is 6.61 Å². The summed E-state index contributed by atoms with van der Waals surface area (Å²) in [7, 11) is 0. The van der Waals surface area contributed by atoms with E-state index >= 15 is 0 Å². The number of ether oxygens (including phenoxy) is 1. The lowest BCUT2D eigenvalue weighted by atomic mass is 10.1. The van der Waals surface area contributed by atoms with E-state index in [1.54, 1.807) is 6.07 Å². The van der Waals surface area contributed by atoms with E-state index in [1.165, 1.54) is 30.4 Å². The van der Waals surface area contributed by atoms with Gasteiger partial charge in [-0.2, -0.15) is 0 Å². The predicted octanol–water partition coefficient (Wildman–Crippen LogP) is 3.33. The zero-order valence-corrected chi connectivity index (χ0v) is 13.1. The molecule has 1 aliphatic heterocycles. The molecule has 1 atom stereocenters. The van der Waals surface area contributed by atoms with Gasteiger partial charge in [0, 0.05) is 18.2 Å². The maximum atomic E-state index is 12.4. The lowest BCUT2D eigenvalue weighted by Gasteiger charge is -2.18. The van der Waals surface area contributed by atoms with Gasteiger partial charge in [-0.3, -0.25) is 14.9 Å². The quantitative estimate of drug-likeness (QED) is 0.484. The summed E-state index contributed by atoms with van der Waals surface area (Å²) < 4.78 is 5.00. The van der Waals surface area contributed by atoms with Gasteiger partial charge in [0.15, 0.2) is 0 Å². The molecule has 2 aromatic carbocycles. The summed E-state index contributed by atoms with van der Waals surface area (Å²) >= 11 is 0. The zero-order chi connectivity index (χ0) is 17.8. The van der Waals surface area contributed by atoms with Crippen LogP contribution in [0.3, 0.4) is 0 Å². The van der Waals surface area contributed by atoms with Crippen molar-refractivity contribution in [2.24, 2.45) is 0 Å². The van der Waals surface area contributed by atoms with Crippen LogP contribution < -0.4 is 0 Å². The van der Waals surface area contributed by atoms with E-state index in [2.05, 4.69) is 0 Å². The third-order valence-electron chi connectivity index (χ3n) is 3.79. The topological polar surface area (TPSA) is 89.8 Å². The first-order chi connectivity index (χ1) is 12.1. The highest BCUT2D eigenvalue weighted by molar-refractivity contribution is 6.02. The number of non-ortho nitro benzene ring substituents is 1. The first kappa shape index (κ1) is 16.4. The maximum Gasteiger partial charge on any atom is 0.417 e. The van der Waals surface area contributed by atoms with Crippen LogP contribution in [-0.4, -0.2) is 28.4 Å². The molecule has 1 unspecified atom stereocenters. The molecule has 3 rings (SSSR count). The van der Waals surface area contributed by atoms with Crippen LogP contribution >= 0.6 is 0 Å². The van der Waals surface area contributed by atoms with Gasteiger partial charge < -0.3 is 4.74 Å². The summed E-state index contributed by atoms with van der Waals surface area (Å²) in [4.78, 5) is 35.7. The van der Waals surface area contributed by atoms with Gasteiger partial charge in [0.2, 0.25) is 0 Å². The third-order valence-corrected chi connectivity index (χ3v) is 3.79. The standard InChI is InChI=1S/C18H14N2O5/c21-17(10-9-13-5-4-8-15(11-13)20(23)24)19-16(12-25-18(19)22)14-6-2-1-3-7-14/h1-11,16H,12H2/b10-9+. The number of imide groups is 1. The molecule has 1 aliphatic rings. The number of hydrogen-bond acceptors (Lipinski definition) is 5. The second-order valence-corrected chi connectivity index (χ2v) is 5.40. The van der Waals surface area contributed by atoms with Gasteiger partial charge in [-0.05, 0) is 17.2 Å². The number of carbonyl (C=O) groups is 2. The summed E-state index contributed by atoms with van der Waals surface area (Å²) in [5, 5.41) is 10.8. The Hall–Kier alpha value is -3.48. The van der Waals surface area contributed by atoms with Crippen LogP contribution in [0, 0.1) is 10.1 Å². The Labute approximate surface area is 143 Å². The van der Waals surface area contributed by atoms with Crippen molar-refractivity contribution >= 4 is 23.8 Å². The van der Waals surface area contributed by atoms with Crippen molar-refractivity contribution < 1.29 is 19.2 Å². The monoisotopic (exact) mass is 338 g/mol. The number of rotatable bonds is 4. The molecule has 1 saturated heterocycles. The second-order valence-electron chi connectivity index (χ2n) is 5.40. The highest BCUT2D eigenvalue weighted by Crippen LogP contribution is 2.28. The summed E-state index contributed by atoms with van der Waals surface area (Å²) in [5.74, 6) is -0.539. The first-order valence-electron chi connectivity index (χ1n) is 7.53. The molecule has 1 fully saturated rings. The normalized spacial score (nSPS) is 16.9. The Morgan fingerprint density at radius 3 is 2.68 bits per heavy atom. The van der Waals surface area contributed by atoms with E-state index in [-0.39, 0.29) is 12.3 Å². The van der Waals surface area contributed by atoms with Gasteiger partial charge in [0.1, 0.15) is 12.6 Å². The van der Waals surface area contributed by atoms with Crippen LogP contribution in [0.2, 0.25) is 0 Å². The van der Waals surface area contributed by atoms with Crippen molar-refractivity contribution in [1.82, 2.24) is 4.90 Å². The molecule has 0 saturated carbocycles. The molecule has 0 aromatic heterocycles. The molecule has 2 aromatic rings. The third kappa shape index (κ3) is 3.55. The molecule has 2 amide bonds. The van der Waals surface area contributed by atoms with Crippen molar-refractivity contribution in [3.05, 3.63) is 81.9 Å². The number of benzene rings is 2. The molecule has 7 heteroatoms. The highest BCUT2D eigenvalue weighted by Gasteiger charge is 2.37. The molecule has 0 radical (unpaired) electrons. The summed E-state index contributed by atoms with van der Waals surface area (Å²) in [6.07, 6.45) is 1.94. The van der Waals surface area contributed by atoms with Crippen molar-refractivity contribution in [2.45, 2.75) is 6.04 Å². The van der Waals surface area contributed by atoms with Crippen LogP contribution in [0.4, 0.5) is 10.5 Å². The van der Waals surface area contributed by atoms with Crippen LogP contribution in [0.5, 0.6) is 0 Å². The van der Waals surface area contributed by atoms with Crippen LogP contribution in [0.25, 0.3) is 6.08 Å². The van der Waals surface area contributed by atoms with Gasteiger partial charge in [0.05, 0.1) is 4.92 Å². The zero-order valence-electron chi connectivity index (χ0n) is 13.1. The molecule has 0 spiro atoms. The number of amides is 2. The Bertz CT molecular complexity index is 848. The average molecular weight is 338 g/mol. The number of hydrogen-bond donors (Lipinski definition) is 0. The highest BCUT2D eigenvalue weighted by atomic mass is 16.6. The number of carbonyl (C=O) groups excluding carboxylic acids is 2. The number of cyclic esters (lactones) is 1. The van der Waals surface area contributed by atoms with Crippen LogP contribution in [0.1, 0.15) is 17.2 Å². The summed E-state index contributed by atoms with van der Waals surface area (Å²) in [5.41, 5.74) is 1.22. The second kappa shape index (κ2) is 6.96. The van der Waals surface area contributed by atoms with E-state index in [1.807, 2.05) is 30.3 Å². The van der Waals surface area contributed by atoms with Gasteiger partial charge in [-0.15, -0.1) is 0 Å². The van der Waals surface area contributed by atoms with Crippen LogP contribution in [-0.2, 0) is 9.53 Å². The first-order valence-corrected chi connectivity index (χ1v) is 7.53. The summed E-state index contributed by atoms with van der Waals surface area (Å²) in [6.45, 7) is 0.0965. The minimum Gasteiger partial charge on any atom is -0.446 e. The predicted molar refractivity (Wildman–Crippen MR) is 89.5 cm³/mol. The smallest absolute Gasteiger partial charge is 0.417 e. The molecule has 0 N–H and O–H groups in total. The number of nitro groups is 1. The Kier molecular flexibility index (Phi) is 4.56. The number of nitro benzene ring substituents is 1. The van der Waals surface area contributed by atoms with E-state index in [4.69, 9.17) is 4.74 Å². The molecule has 1 heterocycles. The van der Waals surface area contributed by atoms with E-state index in [0.29, 0.717) is 5.56 Å². The van der Waals surface area contributed by atoms with Gasteiger partial charge >= 0.3 is 6.09 Å². The van der Waals surface area contributed by atoms with Gasteiger partial charge in [-0.1, -0.05) is 42.5 Å². The van der Waals surface area contributed by atoms with Crippen LogP contribution in [0.15, 0.2) is 60.7 Å². The fourth-order valence-electron chi connectivity index (χ4n) is 2.58. The lowest BCUT2D eigenvalue weighted by Crippen LogP contribution is -2.32. The number of nitrogens with zero attached hydrogens (tertiary/aromatic N) is 2. The largest absolute Gasteiger partial charge is 0.446 e. The summed E-state index contributed by atoms with van der Waals surface area (Å²) in [6, 6.07) is 14.5. The van der Waals surface area contributed by atoms with E-state index in [9.17, 15) is 19.7 Å². The Balaban J connectivity index is 1.80. The molecule has 126 valence electrons. The Morgan fingerprint density at radius 1 is 1.20 bits per heavy atom. The molecule has 0 bridgehead atoms. The van der Waals surface area contributed by atoms with Crippen molar-refractivity contribution in [1.29, 1.82) is 0 Å². The molecule has 0 aliphatic carbocycles. The average Bonchev–Trinajstić information content (AvgIpc) is 3.02. The van der Waals surface area contributed by atoms with Crippen molar-refractivity contribution in [3.63, 3.8) is 0 Å². The molecule has 25 heavy (non-hydrogen) atoms. The fraction of sp³-hybridized carbons (Fsp3) is 0.111. The fourth-order valence-corrected chi connectivity index (χ4v) is 2.58.